The minimum atomic E-state index is -4.23. The van der Waals surface area contributed by atoms with Crippen molar-refractivity contribution in [2.75, 3.05) is 34.3 Å². The molecule has 0 fully saturated rings. The third kappa shape index (κ3) is 19.7. The van der Waals surface area contributed by atoms with Crippen molar-refractivity contribution in [1.82, 2.24) is 0 Å². The first-order valence-corrected chi connectivity index (χ1v) is 14.9. The Kier molecular flexibility index (Phi) is 16.6. The zero-order chi connectivity index (χ0) is 26.0. The fourth-order valence-corrected chi connectivity index (χ4v) is 4.64. The fraction of sp³-hybridized carbons (Fsp3) is 0.778. The van der Waals surface area contributed by atoms with Crippen LogP contribution in [0.3, 0.4) is 0 Å². The van der Waals surface area contributed by atoms with Gasteiger partial charge in [-0.3, -0.25) is 9.05 Å². The lowest BCUT2D eigenvalue weighted by Gasteiger charge is -2.24. The normalized spacial score (nSPS) is 25.8. The number of aliphatic hydroxyl groups excluding tert-OH is 1. The highest BCUT2D eigenvalue weighted by molar-refractivity contribution is 7.47. The molecular formula is C27H51NO6P+. The van der Waals surface area contributed by atoms with Crippen molar-refractivity contribution >= 4 is 7.82 Å². The number of hydrogen-bond donors (Lipinski definition) is 2. The number of quaternary nitrogens is 1. The first-order chi connectivity index (χ1) is 16.6. The lowest BCUT2D eigenvalue weighted by atomic mass is 10.0. The van der Waals surface area contributed by atoms with Gasteiger partial charge in [0, 0.05) is 6.08 Å². The van der Waals surface area contributed by atoms with Gasteiger partial charge in [-0.25, -0.2) is 4.57 Å². The second-order valence-electron chi connectivity index (χ2n) is 10.6. The van der Waals surface area contributed by atoms with Gasteiger partial charge in [0.2, 0.25) is 0 Å². The molecule has 0 saturated carbocycles. The summed E-state index contributed by atoms with van der Waals surface area (Å²) < 4.78 is 29.2. The van der Waals surface area contributed by atoms with Gasteiger partial charge in [-0.1, -0.05) is 82.1 Å². The van der Waals surface area contributed by atoms with Crippen molar-refractivity contribution in [3.63, 3.8) is 0 Å². The van der Waals surface area contributed by atoms with Gasteiger partial charge in [-0.15, -0.1) is 0 Å². The van der Waals surface area contributed by atoms with E-state index in [1.54, 1.807) is 18.2 Å². The summed E-state index contributed by atoms with van der Waals surface area (Å²) in [5.74, 6) is -0.176. The van der Waals surface area contributed by atoms with Crippen molar-refractivity contribution in [2.24, 2.45) is 0 Å². The Bertz CT molecular complexity index is 686. The van der Waals surface area contributed by atoms with E-state index in [0.29, 0.717) is 11.0 Å². The van der Waals surface area contributed by atoms with Crippen LogP contribution in [0, 0.1) is 0 Å². The maximum absolute atomic E-state index is 12.5. The van der Waals surface area contributed by atoms with Crippen molar-refractivity contribution in [1.29, 1.82) is 0 Å². The number of rotatable bonds is 6. The lowest BCUT2D eigenvalue weighted by molar-refractivity contribution is -0.870. The van der Waals surface area contributed by atoms with Crippen LogP contribution in [0.4, 0.5) is 0 Å². The van der Waals surface area contributed by atoms with Gasteiger partial charge in [0.05, 0.1) is 27.2 Å². The highest BCUT2D eigenvalue weighted by Gasteiger charge is 2.25. The van der Waals surface area contributed by atoms with E-state index in [2.05, 4.69) is 0 Å². The topological polar surface area (TPSA) is 85.2 Å². The average molecular weight is 517 g/mol. The van der Waals surface area contributed by atoms with E-state index >= 15 is 0 Å². The number of nitrogens with zero attached hydrogens (tertiary/aromatic N) is 1. The Morgan fingerprint density at radius 2 is 1.54 bits per heavy atom. The predicted molar refractivity (Wildman–Crippen MR) is 143 cm³/mol. The molecule has 0 radical (unpaired) electrons. The van der Waals surface area contributed by atoms with Crippen LogP contribution in [0.1, 0.15) is 90.4 Å². The summed E-state index contributed by atoms with van der Waals surface area (Å²) in [6.07, 6.45) is 22.9. The van der Waals surface area contributed by atoms with Crippen molar-refractivity contribution in [2.45, 2.75) is 103 Å². The average Bonchev–Trinajstić information content (AvgIpc) is 2.74. The molecule has 0 bridgehead atoms. The van der Waals surface area contributed by atoms with Crippen LogP contribution in [0.2, 0.25) is 0 Å². The molecule has 1 unspecified atom stereocenters. The number of likely N-dealkylation sites (N-methyl/N-ethyl adjacent to an activating group) is 1. The maximum atomic E-state index is 12.5. The first-order valence-electron chi connectivity index (χ1n) is 13.4. The second kappa shape index (κ2) is 18.2. The summed E-state index contributed by atoms with van der Waals surface area (Å²) in [6, 6.07) is 0. The molecule has 3 atom stereocenters. The highest BCUT2D eigenvalue weighted by Crippen LogP contribution is 2.45. The Labute approximate surface area is 214 Å². The molecule has 2 N–H and O–H groups in total. The van der Waals surface area contributed by atoms with E-state index in [1.165, 1.54) is 63.9 Å². The largest absolute Gasteiger partial charge is 0.481 e. The minimum Gasteiger partial charge on any atom is -0.481 e. The summed E-state index contributed by atoms with van der Waals surface area (Å²) in [4.78, 5) is 10.2. The Hall–Kier alpha value is -1.11. The van der Waals surface area contributed by atoms with E-state index in [4.69, 9.17) is 13.8 Å². The molecule has 0 saturated heterocycles. The quantitative estimate of drug-likeness (QED) is 0.221. The van der Waals surface area contributed by atoms with Crippen LogP contribution >= 0.6 is 7.82 Å². The van der Waals surface area contributed by atoms with Crippen LogP contribution in [0.5, 0.6) is 0 Å². The first kappa shape index (κ1) is 31.9. The van der Waals surface area contributed by atoms with E-state index < -0.39 is 13.9 Å². The fourth-order valence-electron chi connectivity index (χ4n) is 3.82. The molecule has 0 spiro atoms. The van der Waals surface area contributed by atoms with Crippen molar-refractivity contribution in [3.05, 3.63) is 36.3 Å². The third-order valence-electron chi connectivity index (χ3n) is 5.94. The van der Waals surface area contributed by atoms with Crippen LogP contribution in [0.25, 0.3) is 0 Å². The second-order valence-corrected chi connectivity index (χ2v) is 12.0. The number of aliphatic hydroxyl groups is 1. The molecule has 0 aromatic rings. The summed E-state index contributed by atoms with van der Waals surface area (Å²) in [5, 5.41) is 10.1. The van der Waals surface area contributed by atoms with Gasteiger partial charge < -0.3 is 19.2 Å². The number of phosphoric ester groups is 1. The molecule has 0 aromatic carbocycles. The Balaban J connectivity index is 2.76. The SMILES string of the molecule is C[C@@H]1CCCCCCCCCCCCC/C=C/[C@@H](OP(=O)(O)OCC[N+](C)(C)C)C=CC=C(O)O1. The van der Waals surface area contributed by atoms with Gasteiger partial charge in [-0.05, 0) is 32.6 Å². The molecule has 0 aliphatic carbocycles. The van der Waals surface area contributed by atoms with Gasteiger partial charge in [0.25, 0.3) is 5.95 Å². The predicted octanol–water partition coefficient (Wildman–Crippen LogP) is 7.20. The third-order valence-corrected chi connectivity index (χ3v) is 6.96. The summed E-state index contributed by atoms with van der Waals surface area (Å²) in [5.41, 5.74) is 0. The van der Waals surface area contributed by atoms with E-state index in [9.17, 15) is 14.6 Å². The lowest BCUT2D eigenvalue weighted by Crippen LogP contribution is -2.37. The molecule has 0 aromatic heterocycles. The van der Waals surface area contributed by atoms with Gasteiger partial charge in [0.1, 0.15) is 19.3 Å². The maximum Gasteiger partial charge on any atom is 0.473 e. The Morgan fingerprint density at radius 1 is 0.971 bits per heavy atom. The minimum absolute atomic E-state index is 0.0725. The molecule has 204 valence electrons. The summed E-state index contributed by atoms with van der Waals surface area (Å²) >= 11 is 0. The molecule has 8 heteroatoms. The smallest absolute Gasteiger partial charge is 0.473 e. The standard InChI is InChI=1S/C27H50NO6P/c1-25-19-16-14-12-10-8-6-5-7-9-11-13-15-17-20-26(21-18-22-27(29)33-25)34-35(30,31)32-24-23-28(2,3)4/h17-18,20-22,25-26H,5-16,19,23-24H2,1-4H3,(H-,29,30,31)/p+1/b20-17+,21-18?,27-22?/t25-,26-/m1/s1. The molecule has 1 heterocycles. The number of allylic oxidation sites excluding steroid dienone is 3. The van der Waals surface area contributed by atoms with Gasteiger partial charge >= 0.3 is 7.82 Å². The molecule has 1 aliphatic heterocycles. The summed E-state index contributed by atoms with van der Waals surface area (Å²) in [7, 11) is 1.72. The number of phosphoric acid groups is 1. The molecule has 1 aliphatic rings. The summed E-state index contributed by atoms with van der Waals surface area (Å²) in [6.45, 7) is 2.65. The zero-order valence-corrected chi connectivity index (χ0v) is 23.5. The van der Waals surface area contributed by atoms with E-state index in [0.717, 1.165) is 25.7 Å². The van der Waals surface area contributed by atoms with Gasteiger partial charge in [-0.2, -0.15) is 0 Å². The van der Waals surface area contributed by atoms with Crippen LogP contribution in [-0.2, 0) is 18.3 Å². The zero-order valence-electron chi connectivity index (χ0n) is 22.6. The molecule has 35 heavy (non-hydrogen) atoms. The van der Waals surface area contributed by atoms with Crippen molar-refractivity contribution < 1.29 is 32.8 Å². The van der Waals surface area contributed by atoms with Crippen molar-refractivity contribution in [3.8, 4) is 0 Å². The van der Waals surface area contributed by atoms with Crippen LogP contribution < -0.4 is 0 Å². The highest BCUT2D eigenvalue weighted by atomic mass is 31.2. The Morgan fingerprint density at radius 3 is 2.14 bits per heavy atom. The number of ether oxygens (including phenoxy) is 1. The molecule has 0 amide bonds. The van der Waals surface area contributed by atoms with Crippen LogP contribution in [0.15, 0.2) is 36.3 Å². The van der Waals surface area contributed by atoms with Crippen LogP contribution in [-0.4, -0.2) is 61.0 Å². The van der Waals surface area contributed by atoms with E-state index in [1.807, 2.05) is 34.1 Å². The monoisotopic (exact) mass is 516 g/mol. The van der Waals surface area contributed by atoms with Gasteiger partial charge in [0.15, 0.2) is 0 Å². The molecular weight excluding hydrogens is 465 g/mol. The van der Waals surface area contributed by atoms with E-state index in [-0.39, 0.29) is 18.7 Å². The molecule has 7 nitrogen and oxygen atoms in total. The number of hydrogen-bond acceptors (Lipinski definition) is 5. The molecule has 1 rings (SSSR count).